The van der Waals surface area contributed by atoms with Gasteiger partial charge in [-0.1, -0.05) is 30.3 Å². The Labute approximate surface area is 148 Å². The van der Waals surface area contributed by atoms with Crippen LogP contribution in [0, 0.1) is 0 Å². The minimum Gasteiger partial charge on any atom is -0.497 e. The number of methoxy groups -OCH3 is 2. The van der Waals surface area contributed by atoms with Crippen molar-refractivity contribution in [2.75, 3.05) is 14.2 Å². The number of nitrogens with one attached hydrogen (secondary N) is 1. The van der Waals surface area contributed by atoms with Crippen LogP contribution in [0.1, 0.15) is 11.1 Å². The van der Waals surface area contributed by atoms with E-state index < -0.39 is 6.04 Å². The van der Waals surface area contributed by atoms with Gasteiger partial charge in [0.05, 0.1) is 20.3 Å². The molecule has 1 atom stereocenters. The van der Waals surface area contributed by atoms with E-state index in [1.54, 1.807) is 20.3 Å². The van der Waals surface area contributed by atoms with E-state index in [-0.39, 0.29) is 18.3 Å². The van der Waals surface area contributed by atoms with Gasteiger partial charge >= 0.3 is 0 Å². The van der Waals surface area contributed by atoms with Gasteiger partial charge in [0.25, 0.3) is 0 Å². The number of carbonyl (C=O) groups excluding carboxylic acids is 1. The molecule has 2 rings (SSSR count). The number of ether oxygens (including phenoxy) is 2. The number of rotatable bonds is 7. The van der Waals surface area contributed by atoms with Gasteiger partial charge in [0.15, 0.2) is 0 Å². The lowest BCUT2D eigenvalue weighted by Crippen LogP contribution is -2.41. The van der Waals surface area contributed by atoms with Gasteiger partial charge in [-0.2, -0.15) is 0 Å². The highest BCUT2D eigenvalue weighted by Gasteiger charge is 2.14. The van der Waals surface area contributed by atoms with Crippen LogP contribution in [0.15, 0.2) is 48.5 Å². The lowest BCUT2D eigenvalue weighted by Gasteiger charge is -2.14. The van der Waals surface area contributed by atoms with Crippen molar-refractivity contribution in [3.05, 3.63) is 59.7 Å². The highest BCUT2D eigenvalue weighted by atomic mass is 35.5. The predicted molar refractivity (Wildman–Crippen MR) is 96.8 cm³/mol. The fourth-order valence-electron chi connectivity index (χ4n) is 2.27. The predicted octanol–water partition coefficient (Wildman–Crippen LogP) is 2.31. The van der Waals surface area contributed by atoms with E-state index in [0.29, 0.717) is 24.5 Å². The van der Waals surface area contributed by atoms with Crippen LogP contribution in [0.25, 0.3) is 0 Å². The smallest absolute Gasteiger partial charge is 0.237 e. The zero-order chi connectivity index (χ0) is 16.7. The second-order valence-corrected chi connectivity index (χ2v) is 5.19. The molecule has 0 unspecified atom stereocenters. The molecule has 24 heavy (non-hydrogen) atoms. The van der Waals surface area contributed by atoms with Crippen LogP contribution < -0.4 is 20.5 Å². The number of nitrogens with two attached hydrogens (primary N) is 1. The summed E-state index contributed by atoms with van der Waals surface area (Å²) in [6.45, 7) is 0.356. The molecule has 2 aromatic rings. The van der Waals surface area contributed by atoms with Gasteiger partial charge in [0.1, 0.15) is 11.5 Å². The Hall–Kier alpha value is -2.24. The third-order valence-electron chi connectivity index (χ3n) is 3.58. The van der Waals surface area contributed by atoms with Gasteiger partial charge in [-0.05, 0) is 24.1 Å². The largest absolute Gasteiger partial charge is 0.497 e. The number of benzene rings is 2. The molecule has 0 aromatic heterocycles. The first-order chi connectivity index (χ1) is 11.1. The lowest BCUT2D eigenvalue weighted by atomic mass is 10.1. The molecule has 0 bridgehead atoms. The zero-order valence-electron chi connectivity index (χ0n) is 13.8. The minimum absolute atomic E-state index is 0. The van der Waals surface area contributed by atoms with E-state index in [0.717, 1.165) is 11.1 Å². The molecule has 3 N–H and O–H groups in total. The Kier molecular flexibility index (Phi) is 8.09. The van der Waals surface area contributed by atoms with Crippen molar-refractivity contribution >= 4 is 18.3 Å². The molecule has 0 aliphatic carbocycles. The molecule has 0 radical (unpaired) electrons. The molecule has 0 saturated carbocycles. The zero-order valence-corrected chi connectivity index (χ0v) is 14.6. The van der Waals surface area contributed by atoms with Gasteiger partial charge in [0, 0.05) is 18.2 Å². The van der Waals surface area contributed by atoms with E-state index in [1.807, 2.05) is 42.5 Å². The number of hydrogen-bond donors (Lipinski definition) is 2. The van der Waals surface area contributed by atoms with E-state index in [2.05, 4.69) is 5.32 Å². The first-order valence-corrected chi connectivity index (χ1v) is 7.42. The highest BCUT2D eigenvalue weighted by Crippen LogP contribution is 2.24. The SMILES string of the molecule is COc1ccc(CNC(=O)[C@@H](N)Cc2ccccc2)c(OC)c1.Cl. The molecule has 0 fully saturated rings. The van der Waals surface area contributed by atoms with Crippen molar-refractivity contribution in [3.63, 3.8) is 0 Å². The maximum absolute atomic E-state index is 12.1. The van der Waals surface area contributed by atoms with Crippen molar-refractivity contribution in [1.82, 2.24) is 5.32 Å². The molecule has 6 heteroatoms. The Morgan fingerprint density at radius 3 is 2.46 bits per heavy atom. The average Bonchev–Trinajstić information content (AvgIpc) is 2.60. The van der Waals surface area contributed by atoms with Crippen molar-refractivity contribution in [2.45, 2.75) is 19.0 Å². The van der Waals surface area contributed by atoms with E-state index in [4.69, 9.17) is 15.2 Å². The number of hydrogen-bond acceptors (Lipinski definition) is 4. The van der Waals surface area contributed by atoms with Crippen molar-refractivity contribution in [2.24, 2.45) is 5.73 Å². The van der Waals surface area contributed by atoms with Crippen LogP contribution >= 0.6 is 12.4 Å². The molecule has 0 aliphatic rings. The van der Waals surface area contributed by atoms with E-state index in [9.17, 15) is 4.79 Å². The summed E-state index contributed by atoms with van der Waals surface area (Å²) < 4.78 is 10.5. The standard InChI is InChI=1S/C18H22N2O3.ClH/c1-22-15-9-8-14(17(11-15)23-2)12-20-18(21)16(19)10-13-6-4-3-5-7-13;/h3-9,11,16H,10,12,19H2,1-2H3,(H,20,21);1H/t16-;/m0./s1. The molecular formula is C18H23ClN2O3. The van der Waals surface area contributed by atoms with Crippen LogP contribution in [0.2, 0.25) is 0 Å². The third-order valence-corrected chi connectivity index (χ3v) is 3.58. The molecular weight excluding hydrogens is 328 g/mol. The van der Waals surface area contributed by atoms with Crippen LogP contribution in [-0.2, 0) is 17.8 Å². The van der Waals surface area contributed by atoms with Crippen molar-refractivity contribution in [3.8, 4) is 11.5 Å². The molecule has 0 saturated heterocycles. The Morgan fingerprint density at radius 1 is 1.12 bits per heavy atom. The molecule has 2 aromatic carbocycles. The number of amides is 1. The summed E-state index contributed by atoms with van der Waals surface area (Å²) in [5.41, 5.74) is 7.87. The molecule has 0 aliphatic heterocycles. The summed E-state index contributed by atoms with van der Waals surface area (Å²) >= 11 is 0. The van der Waals surface area contributed by atoms with E-state index in [1.165, 1.54) is 0 Å². The first kappa shape index (κ1) is 19.8. The van der Waals surface area contributed by atoms with Gasteiger partial charge in [-0.3, -0.25) is 4.79 Å². The average molecular weight is 351 g/mol. The van der Waals surface area contributed by atoms with Gasteiger partial charge in [-0.25, -0.2) is 0 Å². The number of carbonyl (C=O) groups is 1. The van der Waals surface area contributed by atoms with Crippen LogP contribution in [-0.4, -0.2) is 26.2 Å². The van der Waals surface area contributed by atoms with Crippen molar-refractivity contribution in [1.29, 1.82) is 0 Å². The maximum atomic E-state index is 12.1. The van der Waals surface area contributed by atoms with Gasteiger partial charge < -0.3 is 20.5 Å². The fraction of sp³-hybridized carbons (Fsp3) is 0.278. The molecule has 0 heterocycles. The summed E-state index contributed by atoms with van der Waals surface area (Å²) in [7, 11) is 3.18. The Morgan fingerprint density at radius 2 is 1.83 bits per heavy atom. The molecule has 1 amide bonds. The summed E-state index contributed by atoms with van der Waals surface area (Å²) in [4.78, 5) is 12.1. The maximum Gasteiger partial charge on any atom is 0.237 e. The Bertz CT molecular complexity index is 650. The lowest BCUT2D eigenvalue weighted by molar-refractivity contribution is -0.122. The highest BCUT2D eigenvalue weighted by molar-refractivity contribution is 5.85. The van der Waals surface area contributed by atoms with E-state index >= 15 is 0 Å². The van der Waals surface area contributed by atoms with Crippen molar-refractivity contribution < 1.29 is 14.3 Å². The monoisotopic (exact) mass is 350 g/mol. The Balaban J connectivity index is 0.00000288. The summed E-state index contributed by atoms with van der Waals surface area (Å²) in [6.07, 6.45) is 0.506. The topological polar surface area (TPSA) is 73.6 Å². The normalized spacial score (nSPS) is 11.1. The fourth-order valence-corrected chi connectivity index (χ4v) is 2.27. The first-order valence-electron chi connectivity index (χ1n) is 7.42. The van der Waals surface area contributed by atoms with Crippen LogP contribution in [0.5, 0.6) is 11.5 Å². The second kappa shape index (κ2) is 9.80. The molecule has 5 nitrogen and oxygen atoms in total. The summed E-state index contributed by atoms with van der Waals surface area (Å²) in [5.74, 6) is 1.19. The minimum atomic E-state index is -0.582. The van der Waals surface area contributed by atoms with Crippen LogP contribution in [0.4, 0.5) is 0 Å². The quantitative estimate of drug-likeness (QED) is 0.803. The molecule has 0 spiro atoms. The summed E-state index contributed by atoms with van der Waals surface area (Å²) in [5, 5.41) is 2.85. The number of halogens is 1. The third kappa shape index (κ3) is 5.44. The van der Waals surface area contributed by atoms with Crippen LogP contribution in [0.3, 0.4) is 0 Å². The van der Waals surface area contributed by atoms with Gasteiger partial charge in [0.2, 0.25) is 5.91 Å². The summed E-state index contributed by atoms with van der Waals surface area (Å²) in [6, 6.07) is 14.6. The van der Waals surface area contributed by atoms with Gasteiger partial charge in [-0.15, -0.1) is 12.4 Å². The molecule has 130 valence electrons. The second-order valence-electron chi connectivity index (χ2n) is 5.19.